The molecular weight excluding hydrogens is 334 g/mol. The fraction of sp³-hybridized carbons (Fsp3) is 0.158. The van der Waals surface area contributed by atoms with Crippen molar-refractivity contribution in [3.63, 3.8) is 0 Å². The number of amides is 5. The van der Waals surface area contributed by atoms with Crippen LogP contribution < -0.4 is 4.90 Å². The topological polar surface area (TPSA) is 78.0 Å². The van der Waals surface area contributed by atoms with E-state index in [9.17, 15) is 19.2 Å². The van der Waals surface area contributed by atoms with Crippen molar-refractivity contribution in [2.24, 2.45) is 0 Å². The predicted molar refractivity (Wildman–Crippen MR) is 94.0 cm³/mol. The van der Waals surface area contributed by atoms with Crippen molar-refractivity contribution in [2.75, 3.05) is 18.5 Å². The first-order valence-electron chi connectivity index (χ1n) is 8.02. The molecule has 1 aliphatic heterocycles. The molecular formula is C19H17N3O4. The summed E-state index contributed by atoms with van der Waals surface area (Å²) in [5.74, 6) is -2.37. The Hall–Kier alpha value is -3.48. The molecule has 0 aromatic heterocycles. The molecule has 7 nitrogen and oxygen atoms in total. The molecule has 0 N–H and O–H groups in total. The van der Waals surface area contributed by atoms with Crippen LogP contribution in [0.15, 0.2) is 60.7 Å². The first-order chi connectivity index (χ1) is 12.5. The summed E-state index contributed by atoms with van der Waals surface area (Å²) in [5, 5.41) is 0. The van der Waals surface area contributed by atoms with Crippen LogP contribution in [0.5, 0.6) is 0 Å². The number of hydrogen-bond donors (Lipinski definition) is 0. The second kappa shape index (κ2) is 7.18. The van der Waals surface area contributed by atoms with Gasteiger partial charge in [-0.1, -0.05) is 48.5 Å². The van der Waals surface area contributed by atoms with Crippen LogP contribution in [0.1, 0.15) is 5.56 Å². The molecule has 3 rings (SSSR count). The second-order valence-electron chi connectivity index (χ2n) is 5.84. The van der Waals surface area contributed by atoms with E-state index in [0.717, 1.165) is 10.5 Å². The third-order valence-electron chi connectivity index (χ3n) is 4.13. The van der Waals surface area contributed by atoms with E-state index in [4.69, 9.17) is 0 Å². The van der Waals surface area contributed by atoms with Gasteiger partial charge in [-0.2, -0.15) is 0 Å². The minimum absolute atomic E-state index is 0.0105. The molecule has 7 heteroatoms. The van der Waals surface area contributed by atoms with Gasteiger partial charge in [-0.25, -0.2) is 9.69 Å². The number of urea groups is 1. The lowest BCUT2D eigenvalue weighted by atomic mass is 10.2. The average Bonchev–Trinajstić information content (AvgIpc) is 2.87. The van der Waals surface area contributed by atoms with Crippen LogP contribution in [0, 0.1) is 0 Å². The molecule has 0 atom stereocenters. The summed E-state index contributed by atoms with van der Waals surface area (Å²) >= 11 is 0. The number of anilines is 1. The lowest BCUT2D eigenvalue weighted by Gasteiger charge is -2.20. The van der Waals surface area contributed by atoms with Gasteiger partial charge in [-0.05, 0) is 17.7 Å². The third kappa shape index (κ3) is 3.32. The number of carbonyl (C=O) groups excluding carboxylic acids is 4. The summed E-state index contributed by atoms with van der Waals surface area (Å²) in [6.07, 6.45) is 0. The van der Waals surface area contributed by atoms with E-state index in [1.54, 1.807) is 55.6 Å². The maximum atomic E-state index is 12.5. The van der Waals surface area contributed by atoms with Crippen LogP contribution in [-0.4, -0.2) is 47.1 Å². The van der Waals surface area contributed by atoms with Gasteiger partial charge in [0.25, 0.3) is 0 Å². The van der Waals surface area contributed by atoms with Gasteiger partial charge in [0, 0.05) is 12.7 Å². The Balaban J connectivity index is 1.72. The van der Waals surface area contributed by atoms with Crippen LogP contribution in [0.2, 0.25) is 0 Å². The molecule has 26 heavy (non-hydrogen) atoms. The maximum Gasteiger partial charge on any atom is 0.335 e. The van der Waals surface area contributed by atoms with Crippen molar-refractivity contribution in [1.29, 1.82) is 0 Å². The monoisotopic (exact) mass is 351 g/mol. The number of hydrogen-bond acceptors (Lipinski definition) is 4. The summed E-state index contributed by atoms with van der Waals surface area (Å²) in [5.41, 5.74) is 1.35. The summed E-state index contributed by atoms with van der Waals surface area (Å²) in [7, 11) is 1.55. The first kappa shape index (κ1) is 17.3. The van der Waals surface area contributed by atoms with E-state index in [1.807, 2.05) is 12.1 Å². The van der Waals surface area contributed by atoms with Crippen LogP contribution in [0.4, 0.5) is 10.5 Å². The second-order valence-corrected chi connectivity index (χ2v) is 5.84. The number of para-hydroxylation sites is 1. The van der Waals surface area contributed by atoms with Crippen molar-refractivity contribution in [3.05, 3.63) is 66.2 Å². The molecule has 0 saturated carbocycles. The Kier molecular flexibility index (Phi) is 4.79. The fourth-order valence-electron chi connectivity index (χ4n) is 2.63. The van der Waals surface area contributed by atoms with E-state index in [2.05, 4.69) is 0 Å². The minimum atomic E-state index is -0.985. The number of nitrogens with zero attached hydrogens (tertiary/aromatic N) is 3. The largest absolute Gasteiger partial charge is 0.335 e. The van der Waals surface area contributed by atoms with Crippen LogP contribution in [-0.2, 0) is 20.9 Å². The lowest BCUT2D eigenvalue weighted by Crippen LogP contribution is -2.42. The molecule has 132 valence electrons. The number of carbonyl (C=O) groups is 4. The molecule has 0 bridgehead atoms. The molecule has 0 aliphatic carbocycles. The van der Waals surface area contributed by atoms with E-state index in [0.29, 0.717) is 10.6 Å². The quantitative estimate of drug-likeness (QED) is 0.606. The zero-order valence-electron chi connectivity index (χ0n) is 14.2. The molecule has 5 amide bonds. The normalized spacial score (nSPS) is 14.1. The highest BCUT2D eigenvalue weighted by atomic mass is 16.2. The SMILES string of the molecule is CN(C(=O)CN1C(=O)C(=O)N(Cc2ccccc2)C1=O)c1ccccc1. The predicted octanol–water partition coefficient (Wildman–Crippen LogP) is 1.64. The summed E-state index contributed by atoms with van der Waals surface area (Å²) in [6.45, 7) is -0.496. The highest BCUT2D eigenvalue weighted by Gasteiger charge is 2.45. The van der Waals surface area contributed by atoms with Gasteiger partial charge in [0.05, 0.1) is 6.54 Å². The summed E-state index contributed by atoms with van der Waals surface area (Å²) in [4.78, 5) is 52.1. The van der Waals surface area contributed by atoms with Crippen LogP contribution >= 0.6 is 0 Å². The highest BCUT2D eigenvalue weighted by molar-refractivity contribution is 6.45. The van der Waals surface area contributed by atoms with Gasteiger partial charge in [0.2, 0.25) is 5.91 Å². The number of likely N-dealkylation sites (N-methyl/N-ethyl adjacent to an activating group) is 1. The van der Waals surface area contributed by atoms with Crippen LogP contribution in [0.3, 0.4) is 0 Å². The van der Waals surface area contributed by atoms with Gasteiger partial charge in [0.15, 0.2) is 0 Å². The zero-order chi connectivity index (χ0) is 18.7. The Bertz CT molecular complexity index is 852. The van der Waals surface area contributed by atoms with Crippen molar-refractivity contribution < 1.29 is 19.2 Å². The zero-order valence-corrected chi connectivity index (χ0v) is 14.2. The van der Waals surface area contributed by atoms with E-state index in [-0.39, 0.29) is 6.54 Å². The van der Waals surface area contributed by atoms with Gasteiger partial charge < -0.3 is 4.90 Å². The molecule has 0 spiro atoms. The summed E-state index contributed by atoms with van der Waals surface area (Å²) in [6, 6.07) is 16.9. The lowest BCUT2D eigenvalue weighted by molar-refractivity contribution is -0.144. The maximum absolute atomic E-state index is 12.5. The third-order valence-corrected chi connectivity index (χ3v) is 4.13. The van der Waals surface area contributed by atoms with E-state index < -0.39 is 30.3 Å². The Morgan fingerprint density at radius 1 is 0.846 bits per heavy atom. The standard InChI is InChI=1S/C19H17N3O4/c1-20(15-10-6-3-7-11-15)16(23)13-22-18(25)17(24)21(19(22)26)12-14-8-4-2-5-9-14/h2-11H,12-13H2,1H3. The van der Waals surface area contributed by atoms with Crippen LogP contribution in [0.25, 0.3) is 0 Å². The van der Waals surface area contributed by atoms with Crippen molar-refractivity contribution in [2.45, 2.75) is 6.54 Å². The van der Waals surface area contributed by atoms with E-state index in [1.165, 1.54) is 4.90 Å². The Labute approximate surface area is 150 Å². The number of imide groups is 2. The Morgan fingerprint density at radius 3 is 2.00 bits per heavy atom. The average molecular weight is 351 g/mol. The van der Waals surface area contributed by atoms with E-state index >= 15 is 0 Å². The van der Waals surface area contributed by atoms with Gasteiger partial charge in [-0.15, -0.1) is 0 Å². The fourth-order valence-corrected chi connectivity index (χ4v) is 2.63. The molecule has 1 fully saturated rings. The number of benzene rings is 2. The minimum Gasteiger partial charge on any atom is -0.314 e. The first-order valence-corrected chi connectivity index (χ1v) is 8.02. The van der Waals surface area contributed by atoms with Crippen molar-refractivity contribution >= 4 is 29.4 Å². The van der Waals surface area contributed by atoms with Gasteiger partial charge in [0.1, 0.15) is 6.54 Å². The van der Waals surface area contributed by atoms with Gasteiger partial charge >= 0.3 is 17.8 Å². The molecule has 1 aliphatic rings. The highest BCUT2D eigenvalue weighted by Crippen LogP contribution is 2.17. The number of rotatable bonds is 5. The molecule has 0 radical (unpaired) electrons. The molecule has 2 aromatic rings. The Morgan fingerprint density at radius 2 is 1.38 bits per heavy atom. The van der Waals surface area contributed by atoms with Crippen molar-refractivity contribution in [3.8, 4) is 0 Å². The summed E-state index contributed by atoms with van der Waals surface area (Å²) < 4.78 is 0. The molecule has 2 aromatic carbocycles. The van der Waals surface area contributed by atoms with Crippen molar-refractivity contribution in [1.82, 2.24) is 9.80 Å². The molecule has 1 saturated heterocycles. The molecule has 1 heterocycles. The smallest absolute Gasteiger partial charge is 0.314 e. The molecule has 0 unspecified atom stereocenters. The van der Waals surface area contributed by atoms with Gasteiger partial charge in [-0.3, -0.25) is 19.3 Å².